The van der Waals surface area contributed by atoms with Gasteiger partial charge in [-0.15, -0.1) is 0 Å². The summed E-state index contributed by atoms with van der Waals surface area (Å²) >= 11 is 0. The van der Waals surface area contributed by atoms with E-state index >= 15 is 0 Å². The minimum absolute atomic E-state index is 0.0423. The van der Waals surface area contributed by atoms with Gasteiger partial charge in [0.05, 0.1) is 5.69 Å². The first kappa shape index (κ1) is 9.95. The Morgan fingerprint density at radius 2 is 2.40 bits per heavy atom. The van der Waals surface area contributed by atoms with E-state index in [2.05, 4.69) is 10.9 Å². The van der Waals surface area contributed by atoms with Crippen LogP contribution in [0.5, 0.6) is 0 Å². The van der Waals surface area contributed by atoms with Crippen molar-refractivity contribution < 1.29 is 10.0 Å². The maximum absolute atomic E-state index is 11.0. The largest absolute Gasteiger partial charge is 0.316 e. The number of hydroxylamine groups is 1. The number of hydrogen-bond acceptors (Lipinski definition) is 4. The molecule has 3 N–H and O–H groups in total. The lowest BCUT2D eigenvalue weighted by Gasteiger charge is -2.17. The molecule has 1 fully saturated rings. The lowest BCUT2D eigenvalue weighted by Crippen LogP contribution is -2.32. The van der Waals surface area contributed by atoms with Crippen molar-refractivity contribution in [3.8, 4) is 0 Å². The van der Waals surface area contributed by atoms with E-state index in [0.717, 1.165) is 11.3 Å². The predicted molar refractivity (Wildman–Crippen MR) is 55.2 cm³/mol. The van der Waals surface area contributed by atoms with E-state index in [1.54, 1.807) is 0 Å². The van der Waals surface area contributed by atoms with Gasteiger partial charge in [-0.05, 0) is 17.7 Å². The molecule has 1 saturated heterocycles. The highest BCUT2D eigenvalue weighted by Crippen LogP contribution is 2.17. The van der Waals surface area contributed by atoms with Crippen molar-refractivity contribution in [3.05, 3.63) is 29.8 Å². The molecular formula is C10H13N3O2. The number of hydrazine groups is 1. The maximum Gasteiger partial charge on any atom is 0.240 e. The normalized spacial score (nSPS) is 15.5. The minimum atomic E-state index is 0.0423. The molecule has 5 nitrogen and oxygen atoms in total. The standard InChI is InChI=1S/C10H13N3O2/c14-10-4-5-13(12-10)9-3-1-2-8(6-9)7-11-15/h1-3,6,11,15H,4-5,7H2,(H,12,14). The SMILES string of the molecule is O=C1CCN(c2cccc(CNO)c2)N1. The van der Waals surface area contributed by atoms with Gasteiger partial charge in [0.25, 0.3) is 0 Å². The highest BCUT2D eigenvalue weighted by atomic mass is 16.5. The van der Waals surface area contributed by atoms with Gasteiger partial charge in [0.1, 0.15) is 0 Å². The second kappa shape index (κ2) is 4.29. The third kappa shape index (κ3) is 2.26. The molecule has 0 radical (unpaired) electrons. The number of rotatable bonds is 3. The second-order valence-corrected chi connectivity index (χ2v) is 3.44. The van der Waals surface area contributed by atoms with Crippen molar-refractivity contribution >= 4 is 11.6 Å². The fraction of sp³-hybridized carbons (Fsp3) is 0.300. The van der Waals surface area contributed by atoms with E-state index in [9.17, 15) is 4.79 Å². The Labute approximate surface area is 87.6 Å². The van der Waals surface area contributed by atoms with Crippen LogP contribution >= 0.6 is 0 Å². The Balaban J connectivity index is 2.14. The molecule has 0 bridgehead atoms. The summed E-state index contributed by atoms with van der Waals surface area (Å²) in [7, 11) is 0. The van der Waals surface area contributed by atoms with Crippen LogP contribution in [0.4, 0.5) is 5.69 Å². The van der Waals surface area contributed by atoms with E-state index < -0.39 is 0 Å². The van der Waals surface area contributed by atoms with Gasteiger partial charge in [-0.2, -0.15) is 0 Å². The van der Waals surface area contributed by atoms with Gasteiger partial charge < -0.3 is 5.21 Å². The molecule has 0 spiro atoms. The van der Waals surface area contributed by atoms with Gasteiger partial charge in [-0.3, -0.25) is 15.2 Å². The van der Waals surface area contributed by atoms with Crippen LogP contribution in [-0.4, -0.2) is 17.7 Å². The number of carbonyl (C=O) groups excluding carboxylic acids is 1. The highest BCUT2D eigenvalue weighted by molar-refractivity contribution is 5.81. The molecule has 0 aromatic heterocycles. The van der Waals surface area contributed by atoms with Crippen LogP contribution in [0.15, 0.2) is 24.3 Å². The molecular weight excluding hydrogens is 194 g/mol. The topological polar surface area (TPSA) is 64.6 Å². The Hall–Kier alpha value is -1.59. The fourth-order valence-electron chi connectivity index (χ4n) is 1.59. The Morgan fingerprint density at radius 3 is 3.07 bits per heavy atom. The van der Waals surface area contributed by atoms with Gasteiger partial charge in [-0.25, -0.2) is 5.48 Å². The highest BCUT2D eigenvalue weighted by Gasteiger charge is 2.18. The van der Waals surface area contributed by atoms with E-state index in [4.69, 9.17) is 5.21 Å². The first-order valence-corrected chi connectivity index (χ1v) is 4.82. The molecule has 1 heterocycles. The zero-order valence-corrected chi connectivity index (χ0v) is 8.23. The first-order valence-electron chi connectivity index (χ1n) is 4.82. The summed E-state index contributed by atoms with van der Waals surface area (Å²) < 4.78 is 0. The van der Waals surface area contributed by atoms with Crippen LogP contribution in [-0.2, 0) is 11.3 Å². The van der Waals surface area contributed by atoms with Crippen LogP contribution in [0, 0.1) is 0 Å². The lowest BCUT2D eigenvalue weighted by atomic mass is 10.2. The zero-order valence-electron chi connectivity index (χ0n) is 8.23. The van der Waals surface area contributed by atoms with Crippen LogP contribution < -0.4 is 15.9 Å². The molecule has 5 heteroatoms. The second-order valence-electron chi connectivity index (χ2n) is 3.44. The molecule has 2 rings (SSSR count). The summed E-state index contributed by atoms with van der Waals surface area (Å²) in [6.45, 7) is 1.09. The molecule has 80 valence electrons. The first-order chi connectivity index (χ1) is 7.29. The predicted octanol–water partition coefficient (Wildman–Crippen LogP) is 0.407. The zero-order chi connectivity index (χ0) is 10.7. The molecule has 1 aromatic carbocycles. The van der Waals surface area contributed by atoms with Gasteiger partial charge in [-0.1, -0.05) is 12.1 Å². The molecule has 1 amide bonds. The quantitative estimate of drug-likeness (QED) is 0.628. The van der Waals surface area contributed by atoms with E-state index in [1.807, 2.05) is 29.3 Å². The number of benzene rings is 1. The number of carbonyl (C=O) groups is 1. The molecule has 0 unspecified atom stereocenters. The van der Waals surface area contributed by atoms with Crippen molar-refractivity contribution in [3.63, 3.8) is 0 Å². The number of amides is 1. The van der Waals surface area contributed by atoms with Crippen molar-refractivity contribution in [2.45, 2.75) is 13.0 Å². The Morgan fingerprint density at radius 1 is 1.53 bits per heavy atom. The van der Waals surface area contributed by atoms with Crippen LogP contribution in [0.25, 0.3) is 0 Å². The third-order valence-corrected chi connectivity index (χ3v) is 2.33. The molecule has 1 aromatic rings. The van der Waals surface area contributed by atoms with Crippen molar-refractivity contribution in [2.75, 3.05) is 11.6 Å². The average molecular weight is 207 g/mol. The summed E-state index contributed by atoms with van der Waals surface area (Å²) in [6.07, 6.45) is 0.530. The number of hydrogen-bond donors (Lipinski definition) is 3. The van der Waals surface area contributed by atoms with Crippen molar-refractivity contribution in [2.24, 2.45) is 0 Å². The van der Waals surface area contributed by atoms with E-state index in [1.165, 1.54) is 0 Å². The molecule has 1 aliphatic heterocycles. The van der Waals surface area contributed by atoms with Crippen LogP contribution in [0.2, 0.25) is 0 Å². The molecule has 15 heavy (non-hydrogen) atoms. The van der Waals surface area contributed by atoms with E-state index in [0.29, 0.717) is 19.5 Å². The molecule has 0 atom stereocenters. The maximum atomic E-state index is 11.0. The third-order valence-electron chi connectivity index (χ3n) is 2.33. The summed E-state index contributed by atoms with van der Waals surface area (Å²) in [5.74, 6) is 0.0423. The van der Waals surface area contributed by atoms with Gasteiger partial charge >= 0.3 is 0 Å². The lowest BCUT2D eigenvalue weighted by molar-refractivity contribution is -0.119. The molecule has 0 aliphatic carbocycles. The van der Waals surface area contributed by atoms with Crippen molar-refractivity contribution in [1.82, 2.24) is 10.9 Å². The number of anilines is 1. The number of nitrogens with one attached hydrogen (secondary N) is 2. The molecule has 1 aliphatic rings. The molecule has 0 saturated carbocycles. The fourth-order valence-corrected chi connectivity index (χ4v) is 1.59. The average Bonchev–Trinajstić information content (AvgIpc) is 2.66. The smallest absolute Gasteiger partial charge is 0.240 e. The Kier molecular flexibility index (Phi) is 2.84. The number of nitrogens with zero attached hydrogens (tertiary/aromatic N) is 1. The summed E-state index contributed by atoms with van der Waals surface area (Å²) in [4.78, 5) is 11.0. The van der Waals surface area contributed by atoms with Gasteiger partial charge in [0, 0.05) is 19.5 Å². The monoisotopic (exact) mass is 207 g/mol. The minimum Gasteiger partial charge on any atom is -0.316 e. The van der Waals surface area contributed by atoms with Gasteiger partial charge in [0.2, 0.25) is 5.91 Å². The summed E-state index contributed by atoms with van der Waals surface area (Å²) in [6, 6.07) is 7.65. The van der Waals surface area contributed by atoms with Crippen LogP contribution in [0.1, 0.15) is 12.0 Å². The van der Waals surface area contributed by atoms with Crippen LogP contribution in [0.3, 0.4) is 0 Å². The summed E-state index contributed by atoms with van der Waals surface area (Å²) in [5.41, 5.74) is 6.76. The van der Waals surface area contributed by atoms with E-state index in [-0.39, 0.29) is 5.91 Å². The summed E-state index contributed by atoms with van der Waals surface area (Å²) in [5, 5.41) is 10.4. The Bertz CT molecular complexity index is 367. The van der Waals surface area contributed by atoms with Gasteiger partial charge in [0.15, 0.2) is 0 Å². The van der Waals surface area contributed by atoms with Crippen molar-refractivity contribution in [1.29, 1.82) is 0 Å².